The summed E-state index contributed by atoms with van der Waals surface area (Å²) in [5, 5.41) is 0. The molecular formula is C10H12F3O7PS. The van der Waals surface area contributed by atoms with E-state index in [1.807, 2.05) is 0 Å². The van der Waals surface area contributed by atoms with Crippen molar-refractivity contribution >= 4 is 18.4 Å². The first-order valence-corrected chi connectivity index (χ1v) is 8.29. The van der Waals surface area contributed by atoms with Crippen molar-refractivity contribution in [3.05, 3.63) is 23.8 Å². The Hall–Kier alpha value is -1.13. The van der Waals surface area contributed by atoms with Crippen molar-refractivity contribution in [1.82, 2.24) is 0 Å². The van der Waals surface area contributed by atoms with Gasteiger partial charge in [-0.2, -0.15) is 21.6 Å². The minimum Gasteiger partial charge on any atom is -0.492 e. The molecule has 1 rings (SSSR count). The number of halogens is 3. The highest BCUT2D eigenvalue weighted by Gasteiger charge is 2.40. The van der Waals surface area contributed by atoms with Gasteiger partial charge in [0, 0.05) is 7.11 Å². The minimum atomic E-state index is -5.05. The van der Waals surface area contributed by atoms with Crippen molar-refractivity contribution in [3.8, 4) is 5.75 Å². The number of rotatable bonds is 7. The van der Waals surface area contributed by atoms with E-state index in [-0.39, 0.29) is 6.61 Å². The van der Waals surface area contributed by atoms with Crippen molar-refractivity contribution in [2.24, 2.45) is 0 Å². The van der Waals surface area contributed by atoms with Gasteiger partial charge in [-0.15, -0.1) is 4.67 Å². The van der Waals surface area contributed by atoms with E-state index in [0.29, 0.717) is 6.07 Å². The first-order valence-electron chi connectivity index (χ1n) is 5.65. The largest absolute Gasteiger partial charge is 0.492 e. The van der Waals surface area contributed by atoms with Gasteiger partial charge in [0.25, 0.3) is 0 Å². The van der Waals surface area contributed by atoms with Gasteiger partial charge >= 0.3 is 24.5 Å². The Morgan fingerprint density at radius 1 is 1.27 bits per heavy atom. The summed E-state index contributed by atoms with van der Waals surface area (Å²) >= 11 is 0. The minimum absolute atomic E-state index is 0.0840. The van der Waals surface area contributed by atoms with E-state index in [1.165, 1.54) is 6.92 Å². The second kappa shape index (κ2) is 7.42. The molecule has 0 bridgehead atoms. The second-order valence-electron chi connectivity index (χ2n) is 3.62. The normalized spacial score (nSPS) is 13.9. The molecule has 7 nitrogen and oxygen atoms in total. The van der Waals surface area contributed by atoms with E-state index in [2.05, 4.69) is 13.5 Å². The topological polar surface area (TPSA) is 88.1 Å². The van der Waals surface area contributed by atoms with Gasteiger partial charge in [-0.1, -0.05) is 10.4 Å². The summed E-state index contributed by atoms with van der Waals surface area (Å²) in [6.45, 7) is 1.37. The van der Waals surface area contributed by atoms with Crippen molar-refractivity contribution in [2.45, 2.75) is 18.0 Å². The fraction of sp³-hybridized carbons (Fsp3) is 0.400. The predicted molar refractivity (Wildman–Crippen MR) is 68.0 cm³/mol. The van der Waals surface area contributed by atoms with Crippen LogP contribution >= 0.6 is 8.25 Å². The van der Waals surface area contributed by atoms with E-state index < -0.39 is 40.8 Å². The Morgan fingerprint density at radius 3 is 2.41 bits per heavy atom. The lowest BCUT2D eigenvalue weighted by Crippen LogP contribution is -2.16. The molecule has 0 amide bonds. The lowest BCUT2D eigenvalue weighted by Gasteiger charge is -2.16. The molecule has 0 N–H and O–H groups in total. The molecule has 0 fully saturated rings. The number of hydrogen-bond donors (Lipinski definition) is 0. The monoisotopic (exact) mass is 364 g/mol. The van der Waals surface area contributed by atoms with E-state index in [4.69, 9.17) is 4.74 Å². The first kappa shape index (κ1) is 18.9. The van der Waals surface area contributed by atoms with Gasteiger partial charge in [-0.05, 0) is 19.1 Å². The zero-order valence-corrected chi connectivity index (χ0v) is 13.2. The van der Waals surface area contributed by atoms with Crippen LogP contribution in [0.3, 0.4) is 0 Å². The smallest absolute Gasteiger partial charge is 0.417 e. The maximum Gasteiger partial charge on any atom is 0.417 e. The average Bonchev–Trinajstić information content (AvgIpc) is 2.44. The van der Waals surface area contributed by atoms with Crippen LogP contribution in [0, 0.1) is 0 Å². The van der Waals surface area contributed by atoms with Crippen LogP contribution in [0.1, 0.15) is 12.5 Å². The molecule has 0 heterocycles. The van der Waals surface area contributed by atoms with Crippen LogP contribution in [-0.4, -0.2) is 22.1 Å². The Kier molecular flexibility index (Phi) is 6.38. The van der Waals surface area contributed by atoms with E-state index in [1.54, 1.807) is 0 Å². The van der Waals surface area contributed by atoms with Crippen LogP contribution in [-0.2, 0) is 34.4 Å². The predicted octanol–water partition coefficient (Wildman–Crippen LogP) is 2.78. The lowest BCUT2D eigenvalue weighted by atomic mass is 10.2. The fourth-order valence-corrected chi connectivity index (χ4v) is 2.95. The van der Waals surface area contributed by atoms with Crippen LogP contribution in [0.25, 0.3) is 0 Å². The molecule has 1 atom stereocenters. The van der Waals surface area contributed by atoms with Gasteiger partial charge in [-0.25, -0.2) is 0 Å². The summed E-state index contributed by atoms with van der Waals surface area (Å²) in [5.74, 6) is -0.571. The summed E-state index contributed by atoms with van der Waals surface area (Å²) in [7, 11) is -7.43. The van der Waals surface area contributed by atoms with Crippen molar-refractivity contribution in [1.29, 1.82) is 0 Å². The third-order valence-corrected chi connectivity index (χ3v) is 4.03. The summed E-state index contributed by atoms with van der Waals surface area (Å²) in [6.07, 6.45) is -4.98. The zero-order chi connectivity index (χ0) is 17.0. The van der Waals surface area contributed by atoms with E-state index in [0.717, 1.165) is 19.2 Å². The standard InChI is InChI=1S/C10H12F3O7PS/c1-3-18-8-6-4-5-7(10(11,12)13)9(8)22(15,16)20-19-21(14)17-2/h4-6,21H,3H2,1-2H3. The summed E-state index contributed by atoms with van der Waals surface area (Å²) in [5.41, 5.74) is -1.50. The highest BCUT2D eigenvalue weighted by atomic mass is 32.2. The number of hydrogen-bond acceptors (Lipinski definition) is 7. The molecule has 22 heavy (non-hydrogen) atoms. The van der Waals surface area contributed by atoms with E-state index in [9.17, 15) is 26.2 Å². The molecule has 12 heteroatoms. The third kappa shape index (κ3) is 4.68. The van der Waals surface area contributed by atoms with Gasteiger partial charge < -0.3 is 9.26 Å². The van der Waals surface area contributed by atoms with Crippen molar-refractivity contribution in [2.75, 3.05) is 13.7 Å². The number of ether oxygens (including phenoxy) is 1. The molecule has 1 unspecified atom stereocenters. The molecule has 0 saturated heterocycles. The summed E-state index contributed by atoms with van der Waals surface area (Å²) < 4.78 is 90.4. The van der Waals surface area contributed by atoms with Crippen LogP contribution in [0.5, 0.6) is 5.75 Å². The Morgan fingerprint density at radius 2 is 1.91 bits per heavy atom. The quantitative estimate of drug-likeness (QED) is 0.418. The molecule has 126 valence electrons. The molecule has 0 spiro atoms. The molecule has 0 aromatic heterocycles. The second-order valence-corrected chi connectivity index (χ2v) is 6.15. The molecule has 0 aliphatic rings. The van der Waals surface area contributed by atoms with E-state index >= 15 is 0 Å². The maximum atomic E-state index is 13.0. The van der Waals surface area contributed by atoms with Crippen LogP contribution in [0.4, 0.5) is 13.2 Å². The lowest BCUT2D eigenvalue weighted by molar-refractivity contribution is -0.141. The molecular weight excluding hydrogens is 352 g/mol. The highest BCUT2D eigenvalue weighted by molar-refractivity contribution is 7.87. The van der Waals surface area contributed by atoms with Gasteiger partial charge in [0.2, 0.25) is 0 Å². The molecule has 0 saturated carbocycles. The maximum absolute atomic E-state index is 13.0. The molecule has 0 aliphatic carbocycles. The molecule has 1 aromatic carbocycles. The van der Waals surface area contributed by atoms with Gasteiger partial charge in [0.05, 0.1) is 12.2 Å². The Balaban J connectivity index is 3.38. The Bertz CT molecular complexity index is 644. The molecule has 0 aliphatic heterocycles. The number of benzene rings is 1. The average molecular weight is 364 g/mol. The molecule has 1 aromatic rings. The van der Waals surface area contributed by atoms with Crippen molar-refractivity contribution in [3.63, 3.8) is 0 Å². The van der Waals surface area contributed by atoms with Crippen LogP contribution in [0.2, 0.25) is 0 Å². The summed E-state index contributed by atoms with van der Waals surface area (Å²) in [4.78, 5) is -1.27. The summed E-state index contributed by atoms with van der Waals surface area (Å²) in [6, 6.07) is 2.54. The SMILES string of the molecule is CCOc1cccc(C(F)(F)F)c1S(=O)(=O)OO[PH](=O)OC. The fourth-order valence-electron chi connectivity index (χ4n) is 1.41. The van der Waals surface area contributed by atoms with Gasteiger partial charge in [-0.3, -0.25) is 4.57 Å². The first-order chi connectivity index (χ1) is 10.1. The Labute approximate surface area is 124 Å². The molecule has 0 radical (unpaired) electrons. The van der Waals surface area contributed by atoms with Gasteiger partial charge in [0.1, 0.15) is 5.75 Å². The van der Waals surface area contributed by atoms with Crippen LogP contribution in [0.15, 0.2) is 23.1 Å². The van der Waals surface area contributed by atoms with Crippen molar-refractivity contribution < 1.29 is 44.4 Å². The highest BCUT2D eigenvalue weighted by Crippen LogP contribution is 2.40. The van der Waals surface area contributed by atoms with Crippen LogP contribution < -0.4 is 4.74 Å². The van der Waals surface area contributed by atoms with Gasteiger partial charge in [0.15, 0.2) is 4.90 Å². The zero-order valence-electron chi connectivity index (χ0n) is 11.3. The third-order valence-electron chi connectivity index (χ3n) is 2.19. The number of alkyl halides is 3.